The van der Waals surface area contributed by atoms with Crippen molar-refractivity contribution in [2.75, 3.05) is 0 Å². The minimum absolute atomic E-state index is 0.488. The van der Waals surface area contributed by atoms with Gasteiger partial charge in [-0.3, -0.25) is 0 Å². The SMILES string of the molecule is CCCCCCCCCCCCC(CC)CC=C(C)C(=O)O. The molecule has 0 spiro atoms. The number of carboxylic acid groups (broad SMARTS) is 1. The average molecular weight is 311 g/mol. The lowest BCUT2D eigenvalue weighted by atomic mass is 9.94. The lowest BCUT2D eigenvalue weighted by Gasteiger charge is -2.12. The fourth-order valence-electron chi connectivity index (χ4n) is 2.84. The number of aliphatic carboxylic acids is 1. The third-order valence-electron chi connectivity index (χ3n) is 4.64. The molecule has 1 atom stereocenters. The normalized spacial score (nSPS) is 13.3. The van der Waals surface area contributed by atoms with E-state index in [1.807, 2.05) is 6.08 Å². The molecule has 1 N–H and O–H groups in total. The van der Waals surface area contributed by atoms with Crippen molar-refractivity contribution in [1.29, 1.82) is 0 Å². The number of carboxylic acids is 1. The first-order valence-electron chi connectivity index (χ1n) is 9.51. The minimum Gasteiger partial charge on any atom is -0.478 e. The summed E-state index contributed by atoms with van der Waals surface area (Å²) < 4.78 is 0. The molecule has 2 heteroatoms. The molecule has 0 bridgehead atoms. The van der Waals surface area contributed by atoms with Gasteiger partial charge in [0, 0.05) is 5.57 Å². The molecule has 0 saturated heterocycles. The quantitative estimate of drug-likeness (QED) is 0.268. The number of allylic oxidation sites excluding steroid dienone is 1. The third-order valence-corrected chi connectivity index (χ3v) is 4.64. The molecule has 0 radical (unpaired) electrons. The Labute approximate surface area is 138 Å². The van der Waals surface area contributed by atoms with E-state index in [9.17, 15) is 4.79 Å². The maximum Gasteiger partial charge on any atom is 0.330 e. The second-order valence-electron chi connectivity index (χ2n) is 6.67. The van der Waals surface area contributed by atoms with E-state index < -0.39 is 5.97 Å². The van der Waals surface area contributed by atoms with Crippen LogP contribution < -0.4 is 0 Å². The third kappa shape index (κ3) is 12.9. The predicted octanol–water partition coefficient (Wildman–Crippen LogP) is 6.74. The molecule has 2 nitrogen and oxygen atoms in total. The Morgan fingerprint density at radius 1 is 0.909 bits per heavy atom. The number of unbranched alkanes of at least 4 members (excludes halogenated alkanes) is 9. The number of carbonyl (C=O) groups is 1. The molecule has 0 rings (SSSR count). The second-order valence-corrected chi connectivity index (χ2v) is 6.67. The Morgan fingerprint density at radius 3 is 1.86 bits per heavy atom. The Morgan fingerprint density at radius 2 is 1.41 bits per heavy atom. The van der Waals surface area contributed by atoms with E-state index >= 15 is 0 Å². The molecule has 0 aromatic heterocycles. The molecule has 0 amide bonds. The van der Waals surface area contributed by atoms with Crippen LogP contribution in [0.25, 0.3) is 0 Å². The van der Waals surface area contributed by atoms with Gasteiger partial charge in [-0.25, -0.2) is 4.79 Å². The molecular weight excluding hydrogens is 272 g/mol. The maximum absolute atomic E-state index is 10.8. The number of hydrogen-bond acceptors (Lipinski definition) is 1. The molecule has 0 aliphatic heterocycles. The summed E-state index contributed by atoms with van der Waals surface area (Å²) in [5.74, 6) is -0.128. The Bertz CT molecular complexity index is 294. The van der Waals surface area contributed by atoms with E-state index in [1.54, 1.807) is 6.92 Å². The first-order valence-corrected chi connectivity index (χ1v) is 9.51. The van der Waals surface area contributed by atoms with Crippen LogP contribution in [0.2, 0.25) is 0 Å². The van der Waals surface area contributed by atoms with Gasteiger partial charge in [-0.05, 0) is 19.3 Å². The van der Waals surface area contributed by atoms with E-state index in [2.05, 4.69) is 13.8 Å². The predicted molar refractivity (Wildman–Crippen MR) is 96.3 cm³/mol. The van der Waals surface area contributed by atoms with Crippen molar-refractivity contribution in [2.24, 2.45) is 5.92 Å². The summed E-state index contributed by atoms with van der Waals surface area (Å²) in [5.41, 5.74) is 0.488. The topological polar surface area (TPSA) is 37.3 Å². The van der Waals surface area contributed by atoms with E-state index in [0.29, 0.717) is 11.5 Å². The lowest BCUT2D eigenvalue weighted by Crippen LogP contribution is -2.01. The Hall–Kier alpha value is -0.790. The van der Waals surface area contributed by atoms with Gasteiger partial charge in [0.25, 0.3) is 0 Å². The van der Waals surface area contributed by atoms with Crippen molar-refractivity contribution in [3.05, 3.63) is 11.6 Å². The van der Waals surface area contributed by atoms with Gasteiger partial charge >= 0.3 is 5.97 Å². The average Bonchev–Trinajstić information content (AvgIpc) is 2.51. The molecule has 0 aliphatic carbocycles. The van der Waals surface area contributed by atoms with Crippen molar-refractivity contribution in [1.82, 2.24) is 0 Å². The molecule has 0 fully saturated rings. The van der Waals surface area contributed by atoms with Crippen LogP contribution in [0.15, 0.2) is 11.6 Å². The monoisotopic (exact) mass is 310 g/mol. The van der Waals surface area contributed by atoms with Crippen molar-refractivity contribution < 1.29 is 9.90 Å². The van der Waals surface area contributed by atoms with Crippen LogP contribution in [0.4, 0.5) is 0 Å². The van der Waals surface area contributed by atoms with E-state index in [4.69, 9.17) is 5.11 Å². The van der Waals surface area contributed by atoms with Crippen LogP contribution in [0, 0.1) is 5.92 Å². The van der Waals surface area contributed by atoms with E-state index in [0.717, 1.165) is 12.8 Å². The van der Waals surface area contributed by atoms with Crippen LogP contribution in [-0.2, 0) is 4.79 Å². The van der Waals surface area contributed by atoms with Gasteiger partial charge in [0.05, 0.1) is 0 Å². The summed E-state index contributed by atoms with van der Waals surface area (Å²) in [5, 5.41) is 8.86. The van der Waals surface area contributed by atoms with Gasteiger partial charge in [-0.2, -0.15) is 0 Å². The molecule has 0 aromatic rings. The van der Waals surface area contributed by atoms with E-state index in [-0.39, 0.29) is 0 Å². The molecule has 0 saturated carbocycles. The van der Waals surface area contributed by atoms with Crippen LogP contribution in [0.3, 0.4) is 0 Å². The zero-order valence-corrected chi connectivity index (χ0v) is 15.2. The highest BCUT2D eigenvalue weighted by atomic mass is 16.4. The van der Waals surface area contributed by atoms with Crippen LogP contribution in [0.1, 0.15) is 104 Å². The van der Waals surface area contributed by atoms with Gasteiger partial charge < -0.3 is 5.11 Å². The van der Waals surface area contributed by atoms with Gasteiger partial charge in [0.1, 0.15) is 0 Å². The van der Waals surface area contributed by atoms with Crippen molar-refractivity contribution in [3.8, 4) is 0 Å². The molecule has 0 aromatic carbocycles. The van der Waals surface area contributed by atoms with Gasteiger partial charge in [-0.15, -0.1) is 0 Å². The summed E-state index contributed by atoms with van der Waals surface area (Å²) in [6.07, 6.45) is 19.0. The largest absolute Gasteiger partial charge is 0.478 e. The Kier molecular flexibility index (Phi) is 14.6. The molecule has 130 valence electrons. The standard InChI is InChI=1S/C20H38O2/c1-4-6-7-8-9-10-11-12-13-14-15-19(5-2)17-16-18(3)20(21)22/h16,19H,4-15,17H2,1-3H3,(H,21,22). The van der Waals surface area contributed by atoms with Gasteiger partial charge in [0.2, 0.25) is 0 Å². The number of hydrogen-bond donors (Lipinski definition) is 1. The van der Waals surface area contributed by atoms with E-state index in [1.165, 1.54) is 70.6 Å². The number of rotatable bonds is 15. The molecule has 0 heterocycles. The summed E-state index contributed by atoms with van der Waals surface area (Å²) in [6, 6.07) is 0. The highest BCUT2D eigenvalue weighted by molar-refractivity contribution is 5.85. The summed E-state index contributed by atoms with van der Waals surface area (Å²) in [6.45, 7) is 6.17. The van der Waals surface area contributed by atoms with Crippen molar-refractivity contribution in [2.45, 2.75) is 104 Å². The highest BCUT2D eigenvalue weighted by Crippen LogP contribution is 2.20. The summed E-state index contributed by atoms with van der Waals surface area (Å²) in [7, 11) is 0. The summed E-state index contributed by atoms with van der Waals surface area (Å²) >= 11 is 0. The molecule has 0 aliphatic rings. The zero-order valence-electron chi connectivity index (χ0n) is 15.2. The minimum atomic E-state index is -0.784. The van der Waals surface area contributed by atoms with Crippen LogP contribution in [0.5, 0.6) is 0 Å². The van der Waals surface area contributed by atoms with Crippen molar-refractivity contribution >= 4 is 5.97 Å². The zero-order chi connectivity index (χ0) is 16.6. The van der Waals surface area contributed by atoms with Crippen molar-refractivity contribution in [3.63, 3.8) is 0 Å². The smallest absolute Gasteiger partial charge is 0.330 e. The first kappa shape index (κ1) is 21.2. The Balaban J connectivity index is 3.51. The molecule has 22 heavy (non-hydrogen) atoms. The second kappa shape index (κ2) is 15.1. The highest BCUT2D eigenvalue weighted by Gasteiger charge is 2.06. The van der Waals surface area contributed by atoms with Crippen LogP contribution >= 0.6 is 0 Å². The maximum atomic E-state index is 10.8. The van der Waals surface area contributed by atoms with Gasteiger partial charge in [-0.1, -0.05) is 97.0 Å². The molecular formula is C20H38O2. The van der Waals surface area contributed by atoms with Crippen LogP contribution in [-0.4, -0.2) is 11.1 Å². The fourth-order valence-corrected chi connectivity index (χ4v) is 2.84. The lowest BCUT2D eigenvalue weighted by molar-refractivity contribution is -0.132. The fraction of sp³-hybridized carbons (Fsp3) is 0.850. The van der Waals surface area contributed by atoms with Gasteiger partial charge in [0.15, 0.2) is 0 Å². The first-order chi connectivity index (χ1) is 10.6. The molecule has 1 unspecified atom stereocenters. The summed E-state index contributed by atoms with van der Waals surface area (Å²) in [4.78, 5) is 10.8.